The van der Waals surface area contributed by atoms with Crippen LogP contribution in [-0.4, -0.2) is 13.1 Å². The maximum atomic E-state index is 12.8. The highest BCUT2D eigenvalue weighted by atomic mass is 35.5. The summed E-state index contributed by atoms with van der Waals surface area (Å²) < 4.78 is 25.5. The van der Waals surface area contributed by atoms with E-state index in [2.05, 4.69) is 5.32 Å². The maximum absolute atomic E-state index is 12.8. The van der Waals surface area contributed by atoms with Gasteiger partial charge in [0.25, 0.3) is 6.43 Å². The van der Waals surface area contributed by atoms with Gasteiger partial charge in [-0.25, -0.2) is 8.78 Å². The van der Waals surface area contributed by atoms with Crippen molar-refractivity contribution < 1.29 is 8.78 Å². The average Bonchev–Trinajstić information content (AvgIpc) is 2.30. The molecular weight excluding hydrogens is 232 g/mol. The molecule has 1 aliphatic heterocycles. The Morgan fingerprint density at radius 1 is 1.12 bits per heavy atom. The van der Waals surface area contributed by atoms with Gasteiger partial charge in [-0.2, -0.15) is 0 Å². The molecule has 1 aromatic rings. The van der Waals surface area contributed by atoms with Crippen LogP contribution in [0.3, 0.4) is 0 Å². The van der Waals surface area contributed by atoms with E-state index in [0.29, 0.717) is 5.92 Å². The van der Waals surface area contributed by atoms with Crippen LogP contribution < -0.4 is 5.32 Å². The fourth-order valence-corrected chi connectivity index (χ4v) is 2.21. The molecule has 0 saturated carbocycles. The first-order valence-corrected chi connectivity index (χ1v) is 5.36. The van der Waals surface area contributed by atoms with Crippen molar-refractivity contribution in [3.05, 3.63) is 35.4 Å². The lowest BCUT2D eigenvalue weighted by atomic mass is 9.87. The third-order valence-corrected chi connectivity index (χ3v) is 3.01. The van der Waals surface area contributed by atoms with Gasteiger partial charge < -0.3 is 5.32 Å². The van der Waals surface area contributed by atoms with Gasteiger partial charge >= 0.3 is 0 Å². The molecular formula is C12H16ClF2N. The van der Waals surface area contributed by atoms with Gasteiger partial charge in [-0.1, -0.05) is 24.3 Å². The largest absolute Gasteiger partial charge is 0.317 e. The van der Waals surface area contributed by atoms with Crippen LogP contribution in [0.5, 0.6) is 0 Å². The molecule has 1 N–H and O–H groups in total. The third kappa shape index (κ3) is 2.92. The number of nitrogens with one attached hydrogen (secondary N) is 1. The normalized spacial score (nSPS) is 17.2. The maximum Gasteiger partial charge on any atom is 0.264 e. The summed E-state index contributed by atoms with van der Waals surface area (Å²) >= 11 is 0. The van der Waals surface area contributed by atoms with Crippen molar-refractivity contribution in [2.24, 2.45) is 0 Å². The lowest BCUT2D eigenvalue weighted by Crippen LogP contribution is -2.27. The average molecular weight is 248 g/mol. The minimum atomic E-state index is -2.35. The number of rotatable bonds is 2. The molecule has 0 aromatic heterocycles. The molecule has 0 spiro atoms. The minimum Gasteiger partial charge on any atom is -0.317 e. The Hall–Kier alpha value is -0.670. The number of alkyl halides is 2. The van der Waals surface area contributed by atoms with E-state index in [1.165, 1.54) is 0 Å². The molecule has 1 nitrogen and oxygen atoms in total. The summed E-state index contributed by atoms with van der Waals surface area (Å²) in [6.45, 7) is 1.87. The molecule has 1 heterocycles. The highest BCUT2D eigenvalue weighted by Crippen LogP contribution is 2.32. The molecule has 0 amide bonds. The van der Waals surface area contributed by atoms with Crippen LogP contribution in [0.1, 0.15) is 36.3 Å². The first-order chi connectivity index (χ1) is 7.29. The Bertz CT molecular complexity index is 325. The Balaban J connectivity index is 0.00000128. The second-order valence-corrected chi connectivity index (χ2v) is 3.95. The lowest BCUT2D eigenvalue weighted by Gasteiger charge is -2.24. The van der Waals surface area contributed by atoms with Crippen LogP contribution in [0.15, 0.2) is 24.3 Å². The molecule has 1 aliphatic rings. The van der Waals surface area contributed by atoms with Crippen LogP contribution in [0.25, 0.3) is 0 Å². The van der Waals surface area contributed by atoms with E-state index in [0.717, 1.165) is 31.5 Å². The molecule has 0 atom stereocenters. The quantitative estimate of drug-likeness (QED) is 0.843. The zero-order chi connectivity index (χ0) is 10.7. The molecule has 4 heteroatoms. The van der Waals surface area contributed by atoms with E-state index in [9.17, 15) is 8.78 Å². The summed E-state index contributed by atoms with van der Waals surface area (Å²) in [7, 11) is 0. The summed E-state index contributed by atoms with van der Waals surface area (Å²) in [6, 6.07) is 6.93. The predicted octanol–water partition coefficient (Wildman–Crippen LogP) is 3.51. The second-order valence-electron chi connectivity index (χ2n) is 3.95. The van der Waals surface area contributed by atoms with E-state index in [1.54, 1.807) is 12.1 Å². The zero-order valence-electron chi connectivity index (χ0n) is 8.96. The Morgan fingerprint density at radius 3 is 2.38 bits per heavy atom. The van der Waals surface area contributed by atoms with Gasteiger partial charge in [-0.15, -0.1) is 12.4 Å². The molecule has 0 bridgehead atoms. The Kier molecular flexibility index (Phi) is 5.16. The van der Waals surface area contributed by atoms with Crippen molar-refractivity contribution in [3.63, 3.8) is 0 Å². The standard InChI is InChI=1S/C12H15F2N.ClH/c13-12(14)11-4-2-1-3-10(11)9-5-7-15-8-6-9;/h1-4,9,12,15H,5-8H2;1H. The molecule has 1 aromatic carbocycles. The number of piperidine rings is 1. The highest BCUT2D eigenvalue weighted by molar-refractivity contribution is 5.85. The van der Waals surface area contributed by atoms with E-state index >= 15 is 0 Å². The Labute approximate surface area is 101 Å². The molecule has 0 aliphatic carbocycles. The Morgan fingerprint density at radius 2 is 1.75 bits per heavy atom. The van der Waals surface area contributed by atoms with Crippen LogP contribution >= 0.6 is 12.4 Å². The van der Waals surface area contributed by atoms with Gasteiger partial charge in [0.2, 0.25) is 0 Å². The van der Waals surface area contributed by atoms with Crippen molar-refractivity contribution in [3.8, 4) is 0 Å². The van der Waals surface area contributed by atoms with Crippen LogP contribution in [0.2, 0.25) is 0 Å². The van der Waals surface area contributed by atoms with Crippen molar-refractivity contribution in [2.75, 3.05) is 13.1 Å². The first kappa shape index (κ1) is 13.4. The topological polar surface area (TPSA) is 12.0 Å². The van der Waals surface area contributed by atoms with Gasteiger partial charge in [0.1, 0.15) is 0 Å². The monoisotopic (exact) mass is 247 g/mol. The first-order valence-electron chi connectivity index (χ1n) is 5.36. The minimum absolute atomic E-state index is 0. The molecule has 1 saturated heterocycles. The van der Waals surface area contributed by atoms with Crippen LogP contribution in [-0.2, 0) is 0 Å². The summed E-state index contributed by atoms with van der Waals surface area (Å²) in [5.74, 6) is 0.302. The SMILES string of the molecule is Cl.FC(F)c1ccccc1C1CCNCC1. The van der Waals surface area contributed by atoms with Crippen molar-refractivity contribution in [2.45, 2.75) is 25.2 Å². The number of benzene rings is 1. The molecule has 0 unspecified atom stereocenters. The molecule has 0 radical (unpaired) electrons. The van der Waals surface area contributed by atoms with Crippen molar-refractivity contribution in [1.82, 2.24) is 5.32 Å². The van der Waals surface area contributed by atoms with Gasteiger partial charge in [-0.3, -0.25) is 0 Å². The third-order valence-electron chi connectivity index (χ3n) is 3.01. The molecule has 1 fully saturated rings. The summed E-state index contributed by atoms with van der Waals surface area (Å²) in [6.07, 6.45) is -0.427. The number of hydrogen-bond donors (Lipinski definition) is 1. The van der Waals surface area contributed by atoms with Gasteiger partial charge in [0.05, 0.1) is 0 Å². The number of hydrogen-bond acceptors (Lipinski definition) is 1. The van der Waals surface area contributed by atoms with E-state index in [-0.39, 0.29) is 18.0 Å². The lowest BCUT2D eigenvalue weighted by molar-refractivity contribution is 0.149. The summed E-state index contributed by atoms with van der Waals surface area (Å²) in [5, 5.41) is 3.25. The summed E-state index contributed by atoms with van der Waals surface area (Å²) in [4.78, 5) is 0. The van der Waals surface area contributed by atoms with Gasteiger partial charge in [0.15, 0.2) is 0 Å². The zero-order valence-corrected chi connectivity index (χ0v) is 9.77. The van der Waals surface area contributed by atoms with E-state index in [1.807, 2.05) is 12.1 Å². The van der Waals surface area contributed by atoms with E-state index in [4.69, 9.17) is 0 Å². The summed E-state index contributed by atoms with van der Waals surface area (Å²) in [5.41, 5.74) is 1.05. The van der Waals surface area contributed by atoms with Crippen molar-refractivity contribution in [1.29, 1.82) is 0 Å². The second kappa shape index (κ2) is 6.16. The van der Waals surface area contributed by atoms with Crippen molar-refractivity contribution >= 4 is 12.4 Å². The fourth-order valence-electron chi connectivity index (χ4n) is 2.21. The van der Waals surface area contributed by atoms with Gasteiger partial charge in [0, 0.05) is 5.56 Å². The smallest absolute Gasteiger partial charge is 0.264 e. The molecule has 2 rings (SSSR count). The number of halogens is 3. The fraction of sp³-hybridized carbons (Fsp3) is 0.500. The van der Waals surface area contributed by atoms with E-state index < -0.39 is 6.43 Å². The predicted molar refractivity (Wildman–Crippen MR) is 63.5 cm³/mol. The van der Waals surface area contributed by atoms with Gasteiger partial charge in [-0.05, 0) is 37.4 Å². The molecule has 90 valence electrons. The van der Waals surface area contributed by atoms with Crippen LogP contribution in [0.4, 0.5) is 8.78 Å². The highest BCUT2D eigenvalue weighted by Gasteiger charge is 2.21. The molecule has 16 heavy (non-hydrogen) atoms. The van der Waals surface area contributed by atoms with Crippen LogP contribution in [0, 0.1) is 0 Å².